The van der Waals surface area contributed by atoms with Gasteiger partial charge in [-0.15, -0.1) is 0 Å². The van der Waals surface area contributed by atoms with E-state index in [1.54, 1.807) is 13.3 Å². The molecule has 0 amide bonds. The lowest BCUT2D eigenvalue weighted by molar-refractivity contribution is -0.0746. The van der Waals surface area contributed by atoms with Gasteiger partial charge < -0.3 is 4.74 Å². The third-order valence-corrected chi connectivity index (χ3v) is 5.00. The Hall–Kier alpha value is -0.490. The number of aromatic nitrogens is 1. The Morgan fingerprint density at radius 3 is 2.75 bits per heavy atom. The number of rotatable bonds is 5. The molecule has 1 atom stereocenters. The van der Waals surface area contributed by atoms with Gasteiger partial charge in [0, 0.05) is 24.0 Å². The van der Waals surface area contributed by atoms with Crippen molar-refractivity contribution in [1.82, 2.24) is 10.4 Å². The van der Waals surface area contributed by atoms with Crippen LogP contribution in [0.2, 0.25) is 0 Å². The number of pyridine rings is 1. The number of hydrazine groups is 1. The summed E-state index contributed by atoms with van der Waals surface area (Å²) in [5.74, 6) is 6.60. The second-order valence-corrected chi connectivity index (χ2v) is 6.80. The molecule has 3 N–H and O–H groups in total. The van der Waals surface area contributed by atoms with Crippen molar-refractivity contribution in [2.24, 2.45) is 11.8 Å². The molecule has 112 valence electrons. The van der Waals surface area contributed by atoms with Crippen LogP contribution in [-0.2, 0) is 11.2 Å². The van der Waals surface area contributed by atoms with Crippen molar-refractivity contribution in [3.63, 3.8) is 0 Å². The lowest BCUT2D eigenvalue weighted by atomic mass is 9.74. The van der Waals surface area contributed by atoms with Crippen LogP contribution in [0.5, 0.6) is 0 Å². The SMILES string of the molecule is COC1(C(Cc2cncc(Br)c2)NN)CCC(C)CC1. The van der Waals surface area contributed by atoms with Gasteiger partial charge in [-0.2, -0.15) is 0 Å². The molecule has 1 heterocycles. The molecule has 1 aromatic rings. The van der Waals surface area contributed by atoms with Gasteiger partial charge in [-0.25, -0.2) is 0 Å². The van der Waals surface area contributed by atoms with E-state index in [-0.39, 0.29) is 11.6 Å². The number of hydrogen-bond donors (Lipinski definition) is 2. The minimum absolute atomic E-state index is 0.107. The molecule has 0 aliphatic heterocycles. The fourth-order valence-corrected chi connectivity index (χ4v) is 3.56. The molecule has 1 aliphatic carbocycles. The normalized spacial score (nSPS) is 28.3. The lowest BCUT2D eigenvalue weighted by Crippen LogP contribution is -2.57. The molecular formula is C15H24BrN3O. The van der Waals surface area contributed by atoms with Gasteiger partial charge in [0.25, 0.3) is 0 Å². The summed E-state index contributed by atoms with van der Waals surface area (Å²) in [7, 11) is 1.81. The van der Waals surface area contributed by atoms with Crippen LogP contribution in [0.4, 0.5) is 0 Å². The summed E-state index contributed by atoms with van der Waals surface area (Å²) < 4.78 is 6.90. The van der Waals surface area contributed by atoms with Gasteiger partial charge in [0.05, 0.1) is 11.6 Å². The van der Waals surface area contributed by atoms with Crippen LogP contribution in [-0.4, -0.2) is 23.7 Å². The first-order valence-corrected chi connectivity index (χ1v) is 7.99. The van der Waals surface area contributed by atoms with Crippen LogP contribution in [0.15, 0.2) is 22.9 Å². The molecule has 0 saturated heterocycles. The summed E-state index contributed by atoms with van der Waals surface area (Å²) in [5.41, 5.74) is 3.98. The molecule has 20 heavy (non-hydrogen) atoms. The van der Waals surface area contributed by atoms with E-state index in [0.29, 0.717) is 0 Å². The van der Waals surface area contributed by atoms with Crippen LogP contribution < -0.4 is 11.3 Å². The summed E-state index contributed by atoms with van der Waals surface area (Å²) in [4.78, 5) is 4.22. The van der Waals surface area contributed by atoms with E-state index in [0.717, 1.165) is 35.2 Å². The van der Waals surface area contributed by atoms with Gasteiger partial charge in [0.1, 0.15) is 0 Å². The minimum atomic E-state index is -0.163. The molecule has 0 bridgehead atoms. The fourth-order valence-electron chi connectivity index (χ4n) is 3.15. The van der Waals surface area contributed by atoms with Crippen molar-refractivity contribution in [1.29, 1.82) is 0 Å². The maximum absolute atomic E-state index is 5.91. The van der Waals surface area contributed by atoms with E-state index in [2.05, 4.69) is 39.3 Å². The van der Waals surface area contributed by atoms with E-state index in [4.69, 9.17) is 10.6 Å². The first kappa shape index (κ1) is 15.9. The van der Waals surface area contributed by atoms with Crippen LogP contribution in [0.25, 0.3) is 0 Å². The predicted molar refractivity (Wildman–Crippen MR) is 84.1 cm³/mol. The first-order chi connectivity index (χ1) is 9.59. The summed E-state index contributed by atoms with van der Waals surface area (Å²) in [6, 6.07) is 2.20. The zero-order valence-corrected chi connectivity index (χ0v) is 13.8. The first-order valence-electron chi connectivity index (χ1n) is 7.20. The molecule has 0 spiro atoms. The average molecular weight is 342 g/mol. The highest BCUT2D eigenvalue weighted by atomic mass is 79.9. The Morgan fingerprint density at radius 1 is 1.50 bits per heavy atom. The Labute approximate surface area is 129 Å². The zero-order valence-electron chi connectivity index (χ0n) is 12.2. The number of hydrogen-bond acceptors (Lipinski definition) is 4. The lowest BCUT2D eigenvalue weighted by Gasteiger charge is -2.43. The third kappa shape index (κ3) is 3.58. The van der Waals surface area contributed by atoms with E-state index in [1.807, 2.05) is 6.20 Å². The largest absolute Gasteiger partial charge is 0.377 e. The van der Waals surface area contributed by atoms with Gasteiger partial charge in [0.15, 0.2) is 0 Å². The zero-order chi connectivity index (χ0) is 14.6. The second-order valence-electron chi connectivity index (χ2n) is 5.89. The molecule has 0 radical (unpaired) electrons. The molecular weight excluding hydrogens is 318 g/mol. The van der Waals surface area contributed by atoms with Crippen LogP contribution in [0.1, 0.15) is 38.2 Å². The molecule has 4 nitrogen and oxygen atoms in total. The molecule has 1 aromatic heterocycles. The summed E-state index contributed by atoms with van der Waals surface area (Å²) >= 11 is 3.46. The molecule has 2 rings (SSSR count). The van der Waals surface area contributed by atoms with Gasteiger partial charge in [-0.3, -0.25) is 16.3 Å². The Bertz CT molecular complexity index is 433. The van der Waals surface area contributed by atoms with E-state index in [9.17, 15) is 0 Å². The molecule has 1 aliphatic rings. The fraction of sp³-hybridized carbons (Fsp3) is 0.667. The van der Waals surface area contributed by atoms with Gasteiger partial charge in [-0.1, -0.05) is 6.92 Å². The number of nitrogens with zero attached hydrogens (tertiary/aromatic N) is 1. The number of ether oxygens (including phenoxy) is 1. The van der Waals surface area contributed by atoms with Crippen LogP contribution in [0, 0.1) is 5.92 Å². The highest BCUT2D eigenvalue weighted by Gasteiger charge is 2.41. The van der Waals surface area contributed by atoms with Crippen molar-refractivity contribution in [2.45, 2.75) is 50.7 Å². The van der Waals surface area contributed by atoms with Crippen molar-refractivity contribution < 1.29 is 4.74 Å². The number of halogens is 1. The summed E-state index contributed by atoms with van der Waals surface area (Å²) in [6.45, 7) is 2.31. The maximum Gasteiger partial charge on any atom is 0.0847 e. The summed E-state index contributed by atoms with van der Waals surface area (Å²) in [5, 5.41) is 0. The standard InChI is InChI=1S/C15H24BrN3O/c1-11-3-5-15(20-2,6-4-11)14(19-17)8-12-7-13(16)10-18-9-12/h7,9-11,14,19H,3-6,8,17H2,1-2H3. The van der Waals surface area contributed by atoms with Crippen molar-refractivity contribution in [3.8, 4) is 0 Å². The molecule has 1 fully saturated rings. The molecule has 0 aromatic carbocycles. The van der Waals surface area contributed by atoms with Gasteiger partial charge >= 0.3 is 0 Å². The quantitative estimate of drug-likeness (QED) is 0.638. The molecule has 5 heteroatoms. The monoisotopic (exact) mass is 341 g/mol. The molecule has 1 saturated carbocycles. The average Bonchev–Trinajstić information content (AvgIpc) is 2.46. The number of nitrogens with one attached hydrogen (secondary N) is 1. The second kappa shape index (κ2) is 6.98. The smallest absolute Gasteiger partial charge is 0.0847 e. The van der Waals surface area contributed by atoms with E-state index >= 15 is 0 Å². The van der Waals surface area contributed by atoms with Gasteiger partial charge in [0.2, 0.25) is 0 Å². The number of methoxy groups -OCH3 is 1. The molecule has 1 unspecified atom stereocenters. The van der Waals surface area contributed by atoms with E-state index < -0.39 is 0 Å². The van der Waals surface area contributed by atoms with Crippen LogP contribution >= 0.6 is 15.9 Å². The Kier molecular flexibility index (Phi) is 5.55. The third-order valence-electron chi connectivity index (χ3n) is 4.56. The van der Waals surface area contributed by atoms with Crippen molar-refractivity contribution in [2.75, 3.05) is 7.11 Å². The minimum Gasteiger partial charge on any atom is -0.377 e. The van der Waals surface area contributed by atoms with Gasteiger partial charge in [-0.05, 0) is 65.6 Å². The van der Waals surface area contributed by atoms with Crippen LogP contribution in [0.3, 0.4) is 0 Å². The van der Waals surface area contributed by atoms with Crippen molar-refractivity contribution in [3.05, 3.63) is 28.5 Å². The highest BCUT2D eigenvalue weighted by molar-refractivity contribution is 9.10. The predicted octanol–water partition coefficient (Wildman–Crippen LogP) is 2.81. The number of nitrogens with two attached hydrogens (primary N) is 1. The highest BCUT2D eigenvalue weighted by Crippen LogP contribution is 2.37. The van der Waals surface area contributed by atoms with E-state index in [1.165, 1.54) is 12.8 Å². The maximum atomic E-state index is 5.91. The topological polar surface area (TPSA) is 60.2 Å². The Balaban J connectivity index is 2.13. The Morgan fingerprint density at radius 2 is 2.20 bits per heavy atom. The van der Waals surface area contributed by atoms with Crippen molar-refractivity contribution >= 4 is 15.9 Å². The summed E-state index contributed by atoms with van der Waals surface area (Å²) in [6.07, 6.45) is 9.02.